The van der Waals surface area contributed by atoms with E-state index in [0.29, 0.717) is 36.4 Å². The predicted octanol–water partition coefficient (Wildman–Crippen LogP) is 3.42. The molecule has 3 heterocycles. The molecule has 1 amide bonds. The smallest absolute Gasteiger partial charge is 0.310 e. The monoisotopic (exact) mass is 440 g/mol. The van der Waals surface area contributed by atoms with Crippen LogP contribution >= 0.6 is 11.8 Å². The van der Waals surface area contributed by atoms with Crippen LogP contribution in [-0.2, 0) is 14.3 Å². The maximum absolute atomic E-state index is 12.9. The van der Waals surface area contributed by atoms with Crippen LogP contribution in [0.3, 0.4) is 0 Å². The van der Waals surface area contributed by atoms with Crippen LogP contribution in [0.4, 0.5) is 0 Å². The highest BCUT2D eigenvalue weighted by atomic mass is 32.2. The van der Waals surface area contributed by atoms with Crippen molar-refractivity contribution in [2.24, 2.45) is 5.92 Å². The van der Waals surface area contributed by atoms with Gasteiger partial charge < -0.3 is 14.1 Å². The Hall–Kier alpha value is -3.07. The van der Waals surface area contributed by atoms with E-state index in [9.17, 15) is 9.59 Å². The molecule has 3 aromatic rings. The van der Waals surface area contributed by atoms with Crippen LogP contribution in [0.1, 0.15) is 19.8 Å². The quantitative estimate of drug-likeness (QED) is 0.411. The number of amides is 1. The van der Waals surface area contributed by atoms with Crippen molar-refractivity contribution in [1.82, 2.24) is 19.7 Å². The lowest BCUT2D eigenvalue weighted by atomic mass is 9.98. The summed E-state index contributed by atoms with van der Waals surface area (Å²) in [5.74, 6) is 0.884. The van der Waals surface area contributed by atoms with Crippen molar-refractivity contribution < 1.29 is 18.7 Å². The number of nitrogens with zero attached hydrogens (tertiary/aromatic N) is 4. The lowest BCUT2D eigenvalue weighted by molar-refractivity contribution is -0.151. The molecule has 1 unspecified atom stereocenters. The molecule has 31 heavy (non-hydrogen) atoms. The SMILES string of the molecule is CCOC(=O)C1CCCN(C(=O)CSc2nnc(-c3ccco3)n2-c2ccccc2)C1. The first-order valence-electron chi connectivity index (χ1n) is 10.3. The van der Waals surface area contributed by atoms with Crippen LogP contribution in [0.15, 0.2) is 58.3 Å². The predicted molar refractivity (Wildman–Crippen MR) is 116 cm³/mol. The Morgan fingerprint density at radius 1 is 1.19 bits per heavy atom. The van der Waals surface area contributed by atoms with Crippen molar-refractivity contribution in [3.05, 3.63) is 48.7 Å². The molecule has 0 radical (unpaired) electrons. The van der Waals surface area contributed by atoms with E-state index in [1.807, 2.05) is 41.0 Å². The van der Waals surface area contributed by atoms with Gasteiger partial charge in [-0.2, -0.15) is 0 Å². The summed E-state index contributed by atoms with van der Waals surface area (Å²) in [5, 5.41) is 9.20. The number of esters is 1. The molecule has 0 aliphatic carbocycles. The van der Waals surface area contributed by atoms with Crippen LogP contribution in [0.5, 0.6) is 0 Å². The third-order valence-electron chi connectivity index (χ3n) is 5.11. The highest BCUT2D eigenvalue weighted by molar-refractivity contribution is 7.99. The molecular formula is C22H24N4O4S. The fourth-order valence-corrected chi connectivity index (χ4v) is 4.47. The second-order valence-corrected chi connectivity index (χ2v) is 8.12. The van der Waals surface area contributed by atoms with Crippen molar-refractivity contribution in [3.8, 4) is 17.3 Å². The number of hydrogen-bond donors (Lipinski definition) is 0. The van der Waals surface area contributed by atoms with Gasteiger partial charge in [0, 0.05) is 18.8 Å². The van der Waals surface area contributed by atoms with E-state index in [0.717, 1.165) is 18.5 Å². The Morgan fingerprint density at radius 2 is 2.03 bits per heavy atom. The minimum atomic E-state index is -0.249. The molecule has 9 heteroatoms. The zero-order valence-electron chi connectivity index (χ0n) is 17.3. The van der Waals surface area contributed by atoms with Crippen molar-refractivity contribution in [2.75, 3.05) is 25.4 Å². The Balaban J connectivity index is 1.48. The van der Waals surface area contributed by atoms with Crippen LogP contribution in [0.25, 0.3) is 17.3 Å². The highest BCUT2D eigenvalue weighted by Gasteiger charge is 2.29. The number of carbonyl (C=O) groups is 2. The number of piperidine rings is 1. The zero-order chi connectivity index (χ0) is 21.6. The van der Waals surface area contributed by atoms with E-state index in [2.05, 4.69) is 10.2 Å². The average Bonchev–Trinajstić information content (AvgIpc) is 3.48. The number of carbonyl (C=O) groups excluding carboxylic acids is 2. The number of benzene rings is 1. The normalized spacial score (nSPS) is 16.3. The van der Waals surface area contributed by atoms with Crippen LogP contribution in [0, 0.1) is 5.92 Å². The van der Waals surface area contributed by atoms with Crippen LogP contribution in [-0.4, -0.2) is 57.0 Å². The van der Waals surface area contributed by atoms with Crippen LogP contribution in [0.2, 0.25) is 0 Å². The van der Waals surface area contributed by atoms with Crippen molar-refractivity contribution >= 4 is 23.6 Å². The molecule has 2 aromatic heterocycles. The summed E-state index contributed by atoms with van der Waals surface area (Å²) in [6.45, 7) is 3.20. The summed E-state index contributed by atoms with van der Waals surface area (Å²) in [6.07, 6.45) is 3.14. The summed E-state index contributed by atoms with van der Waals surface area (Å²) in [5.41, 5.74) is 0.884. The second kappa shape index (κ2) is 9.82. The first-order valence-corrected chi connectivity index (χ1v) is 11.3. The molecule has 1 aliphatic heterocycles. The standard InChI is InChI=1S/C22H24N4O4S/c1-2-29-21(28)16-8-6-12-25(14-16)19(27)15-31-22-24-23-20(18-11-7-13-30-18)26(22)17-9-4-3-5-10-17/h3-5,7,9-11,13,16H,2,6,8,12,14-15H2,1H3. The van der Waals surface area contributed by atoms with Gasteiger partial charge in [-0.3, -0.25) is 14.2 Å². The first kappa shape index (κ1) is 21.2. The number of hydrogen-bond acceptors (Lipinski definition) is 7. The largest absolute Gasteiger partial charge is 0.466 e. The van der Waals surface area contributed by atoms with E-state index in [1.54, 1.807) is 24.2 Å². The molecule has 0 bridgehead atoms. The third-order valence-corrected chi connectivity index (χ3v) is 6.02. The molecule has 1 aliphatic rings. The average molecular weight is 441 g/mol. The summed E-state index contributed by atoms with van der Waals surface area (Å²) in [4.78, 5) is 26.7. The Bertz CT molecular complexity index is 1020. The summed E-state index contributed by atoms with van der Waals surface area (Å²) >= 11 is 1.32. The molecule has 4 rings (SSSR count). The van der Waals surface area contributed by atoms with Gasteiger partial charge >= 0.3 is 5.97 Å². The van der Waals surface area contributed by atoms with Crippen molar-refractivity contribution in [2.45, 2.75) is 24.9 Å². The van der Waals surface area contributed by atoms with E-state index in [1.165, 1.54) is 11.8 Å². The Labute approximate surface area is 184 Å². The fraction of sp³-hybridized carbons (Fsp3) is 0.364. The van der Waals surface area contributed by atoms with E-state index >= 15 is 0 Å². The summed E-state index contributed by atoms with van der Waals surface area (Å²) in [6, 6.07) is 13.3. The van der Waals surface area contributed by atoms with E-state index in [4.69, 9.17) is 9.15 Å². The van der Waals surface area contributed by atoms with Crippen molar-refractivity contribution in [3.63, 3.8) is 0 Å². The molecule has 0 saturated carbocycles. The third kappa shape index (κ3) is 4.82. The number of aromatic nitrogens is 3. The van der Waals surface area contributed by atoms with Gasteiger partial charge in [0.2, 0.25) is 11.7 Å². The molecule has 1 atom stereocenters. The molecule has 1 aromatic carbocycles. The lowest BCUT2D eigenvalue weighted by Crippen LogP contribution is -2.43. The van der Waals surface area contributed by atoms with Crippen LogP contribution < -0.4 is 0 Å². The number of furan rings is 1. The van der Waals surface area contributed by atoms with Crippen molar-refractivity contribution in [1.29, 1.82) is 0 Å². The zero-order valence-corrected chi connectivity index (χ0v) is 18.1. The molecule has 1 saturated heterocycles. The minimum Gasteiger partial charge on any atom is -0.466 e. The van der Waals surface area contributed by atoms with Gasteiger partial charge in [0.25, 0.3) is 0 Å². The van der Waals surface area contributed by atoms with Gasteiger partial charge in [-0.1, -0.05) is 30.0 Å². The molecule has 0 spiro atoms. The summed E-state index contributed by atoms with van der Waals surface area (Å²) < 4.78 is 12.5. The highest BCUT2D eigenvalue weighted by Crippen LogP contribution is 2.28. The Morgan fingerprint density at radius 3 is 2.77 bits per heavy atom. The number of rotatable bonds is 7. The molecule has 162 valence electrons. The van der Waals surface area contributed by atoms with Gasteiger partial charge in [0.05, 0.1) is 24.5 Å². The second-order valence-electron chi connectivity index (χ2n) is 7.17. The maximum Gasteiger partial charge on any atom is 0.310 e. The number of para-hydroxylation sites is 1. The Kier molecular flexibility index (Phi) is 6.71. The number of likely N-dealkylation sites (tertiary alicyclic amines) is 1. The maximum atomic E-state index is 12.9. The van der Waals surface area contributed by atoms with Gasteiger partial charge in [-0.25, -0.2) is 0 Å². The van der Waals surface area contributed by atoms with E-state index in [-0.39, 0.29) is 23.5 Å². The molecule has 1 fully saturated rings. The number of thioether (sulfide) groups is 1. The fourth-order valence-electron chi connectivity index (χ4n) is 3.61. The van der Waals surface area contributed by atoms with Gasteiger partial charge in [-0.05, 0) is 44.0 Å². The lowest BCUT2D eigenvalue weighted by Gasteiger charge is -2.31. The number of ether oxygens (including phenoxy) is 1. The van der Waals surface area contributed by atoms with Gasteiger partial charge in [-0.15, -0.1) is 10.2 Å². The van der Waals surface area contributed by atoms with Gasteiger partial charge in [0.15, 0.2) is 10.9 Å². The van der Waals surface area contributed by atoms with E-state index < -0.39 is 0 Å². The topological polar surface area (TPSA) is 90.5 Å². The molecule has 0 N–H and O–H groups in total. The molecule has 8 nitrogen and oxygen atoms in total. The first-order chi connectivity index (χ1) is 15.2. The molecular weight excluding hydrogens is 416 g/mol. The van der Waals surface area contributed by atoms with Gasteiger partial charge in [0.1, 0.15) is 0 Å². The minimum absolute atomic E-state index is 0.0267. The summed E-state index contributed by atoms with van der Waals surface area (Å²) in [7, 11) is 0.